The van der Waals surface area contributed by atoms with Gasteiger partial charge in [-0.25, -0.2) is 17.9 Å². The summed E-state index contributed by atoms with van der Waals surface area (Å²) in [6, 6.07) is 11.4. The third kappa shape index (κ3) is 5.23. The average molecular weight is 579 g/mol. The van der Waals surface area contributed by atoms with Crippen molar-refractivity contribution in [3.63, 3.8) is 0 Å². The lowest BCUT2D eigenvalue weighted by molar-refractivity contribution is -0.137. The molecule has 0 bridgehead atoms. The molecule has 1 saturated heterocycles. The van der Waals surface area contributed by atoms with E-state index in [0.29, 0.717) is 27.4 Å². The van der Waals surface area contributed by atoms with Crippen molar-refractivity contribution in [1.82, 2.24) is 19.9 Å². The Morgan fingerprint density at radius 2 is 1.72 bits per heavy atom. The van der Waals surface area contributed by atoms with E-state index in [4.69, 9.17) is 11.6 Å². The number of nitrogens with one attached hydrogen (secondary N) is 1. The summed E-state index contributed by atoms with van der Waals surface area (Å²) >= 11 is 6.43. The summed E-state index contributed by atoms with van der Waals surface area (Å²) in [5.41, 5.74) is 0.0146. The number of fused-ring (bicyclic) bond motifs is 1. The van der Waals surface area contributed by atoms with E-state index >= 15 is 0 Å². The molecule has 0 atom stereocenters. The maximum Gasteiger partial charge on any atom is 0.416 e. The molecule has 13 heteroatoms. The second-order valence-corrected chi connectivity index (χ2v) is 12.1. The summed E-state index contributed by atoms with van der Waals surface area (Å²) in [4.78, 5) is 17.7. The molecule has 1 aliphatic heterocycles. The molecule has 8 nitrogen and oxygen atoms in total. The molecule has 2 aromatic carbocycles. The van der Waals surface area contributed by atoms with Gasteiger partial charge in [-0.1, -0.05) is 41.9 Å². The number of rotatable bonds is 5. The number of carbonyl (C=O) groups is 1. The van der Waals surface area contributed by atoms with Crippen LogP contribution in [0.15, 0.2) is 60.9 Å². The van der Waals surface area contributed by atoms with Gasteiger partial charge >= 0.3 is 6.18 Å². The molecule has 0 unspecified atom stereocenters. The fraction of sp³-hybridized carbons (Fsp3) is 0.269. The van der Waals surface area contributed by atoms with Crippen LogP contribution < -0.4 is 5.32 Å². The van der Waals surface area contributed by atoms with Crippen LogP contribution in [0.4, 0.5) is 13.2 Å². The first-order valence-electron chi connectivity index (χ1n) is 11.9. The highest BCUT2D eigenvalue weighted by Crippen LogP contribution is 2.38. The summed E-state index contributed by atoms with van der Waals surface area (Å²) < 4.78 is 64.8. The molecular formula is C26H22ClF3N4O4S. The summed E-state index contributed by atoms with van der Waals surface area (Å²) in [5, 5.41) is 17.5. The van der Waals surface area contributed by atoms with E-state index in [-0.39, 0.29) is 35.6 Å². The highest BCUT2D eigenvalue weighted by Gasteiger charge is 2.39. The Balaban J connectivity index is 1.61. The molecule has 2 aromatic heterocycles. The highest BCUT2D eigenvalue weighted by molar-refractivity contribution is 7.91. The lowest BCUT2D eigenvalue weighted by Crippen LogP contribution is -2.55. The number of aromatic nitrogens is 3. The van der Waals surface area contributed by atoms with E-state index in [2.05, 4.69) is 15.4 Å². The van der Waals surface area contributed by atoms with Gasteiger partial charge < -0.3 is 10.4 Å². The van der Waals surface area contributed by atoms with Gasteiger partial charge in [-0.05, 0) is 31.0 Å². The van der Waals surface area contributed by atoms with Crippen molar-refractivity contribution in [2.75, 3.05) is 18.1 Å². The average Bonchev–Trinajstić information content (AvgIpc) is 3.34. The predicted octanol–water partition coefficient (Wildman–Crippen LogP) is 4.41. The highest BCUT2D eigenvalue weighted by atomic mass is 35.5. The lowest BCUT2D eigenvalue weighted by atomic mass is 9.93. The van der Waals surface area contributed by atoms with Crippen LogP contribution in [-0.2, 0) is 16.0 Å². The van der Waals surface area contributed by atoms with E-state index in [1.807, 2.05) is 0 Å². The van der Waals surface area contributed by atoms with Gasteiger partial charge in [-0.3, -0.25) is 4.79 Å². The molecular weight excluding hydrogens is 557 g/mol. The van der Waals surface area contributed by atoms with Crippen molar-refractivity contribution in [2.24, 2.45) is 0 Å². The summed E-state index contributed by atoms with van der Waals surface area (Å²) in [7, 11) is -3.24. The Bertz CT molecular complexity index is 1660. The molecule has 1 fully saturated rings. The quantitative estimate of drug-likeness (QED) is 0.363. The number of hydrogen-bond donors (Lipinski definition) is 2. The largest absolute Gasteiger partial charge is 0.416 e. The zero-order chi connectivity index (χ0) is 28.0. The van der Waals surface area contributed by atoms with E-state index in [9.17, 15) is 31.5 Å². The van der Waals surface area contributed by atoms with Crippen molar-refractivity contribution in [3.8, 4) is 22.4 Å². The number of hydrogen-bond acceptors (Lipinski definition) is 6. The number of alkyl halides is 3. The van der Waals surface area contributed by atoms with Crippen molar-refractivity contribution in [2.45, 2.75) is 24.6 Å². The topological polar surface area (TPSA) is 114 Å². The molecule has 1 amide bonds. The Labute approximate surface area is 226 Å². The molecule has 0 spiro atoms. The first-order valence-corrected chi connectivity index (χ1v) is 14.1. The molecule has 204 valence electrons. The molecule has 4 aromatic rings. The van der Waals surface area contributed by atoms with E-state index < -0.39 is 39.6 Å². The molecule has 5 rings (SSSR count). The van der Waals surface area contributed by atoms with Crippen LogP contribution in [-0.4, -0.2) is 57.7 Å². The number of nitrogens with zero attached hydrogens (tertiary/aromatic N) is 3. The fourth-order valence-electron chi connectivity index (χ4n) is 4.62. The van der Waals surface area contributed by atoms with Crippen molar-refractivity contribution >= 4 is 33.0 Å². The Hall–Kier alpha value is -3.48. The second kappa shape index (κ2) is 9.92. The summed E-state index contributed by atoms with van der Waals surface area (Å²) in [5.74, 6) is -0.949. The van der Waals surface area contributed by atoms with Gasteiger partial charge in [0.05, 0.1) is 41.1 Å². The smallest absolute Gasteiger partial charge is 0.394 e. The minimum Gasteiger partial charge on any atom is -0.394 e. The maximum absolute atomic E-state index is 13.3. The van der Waals surface area contributed by atoms with Crippen molar-refractivity contribution in [3.05, 3.63) is 77.1 Å². The van der Waals surface area contributed by atoms with Crippen LogP contribution in [0.5, 0.6) is 0 Å². The Morgan fingerprint density at radius 1 is 1.05 bits per heavy atom. The van der Waals surface area contributed by atoms with Gasteiger partial charge in [0.2, 0.25) is 0 Å². The van der Waals surface area contributed by atoms with E-state index in [0.717, 1.165) is 12.1 Å². The van der Waals surface area contributed by atoms with Gasteiger partial charge in [0, 0.05) is 27.9 Å². The molecule has 0 saturated carbocycles. The number of benzene rings is 2. The molecule has 0 radical (unpaired) electrons. The minimum absolute atomic E-state index is 0.0510. The van der Waals surface area contributed by atoms with Crippen LogP contribution in [0.25, 0.3) is 28.0 Å². The van der Waals surface area contributed by atoms with Gasteiger partial charge in [0.1, 0.15) is 5.56 Å². The third-order valence-corrected chi connectivity index (χ3v) is 8.87. The van der Waals surface area contributed by atoms with Crippen LogP contribution in [0.1, 0.15) is 28.8 Å². The number of aliphatic hydroxyl groups excluding tert-OH is 1. The first-order chi connectivity index (χ1) is 18.4. The monoisotopic (exact) mass is 578 g/mol. The van der Waals surface area contributed by atoms with Crippen molar-refractivity contribution in [1.29, 1.82) is 0 Å². The predicted molar refractivity (Wildman–Crippen MR) is 139 cm³/mol. The summed E-state index contributed by atoms with van der Waals surface area (Å²) in [6.45, 7) is -0.450. The SMILES string of the molecule is O=C(NC1(CO)CCS(=O)(=O)CC1)c1cnn2c(-c3ccc(C(F)(F)F)cc3)c(-c3ccccc3Cl)cnc12. The van der Waals surface area contributed by atoms with Crippen LogP contribution in [0, 0.1) is 0 Å². The van der Waals surface area contributed by atoms with Crippen LogP contribution in [0.2, 0.25) is 5.02 Å². The third-order valence-electron chi connectivity index (χ3n) is 6.89. The first kappa shape index (κ1) is 27.1. The molecule has 0 aliphatic carbocycles. The van der Waals surface area contributed by atoms with E-state index in [1.165, 1.54) is 29.0 Å². The Morgan fingerprint density at radius 3 is 2.33 bits per heavy atom. The number of sulfone groups is 1. The molecule has 2 N–H and O–H groups in total. The van der Waals surface area contributed by atoms with Gasteiger partial charge in [-0.2, -0.15) is 18.3 Å². The minimum atomic E-state index is -4.52. The lowest BCUT2D eigenvalue weighted by Gasteiger charge is -2.36. The number of aliphatic hydroxyl groups is 1. The maximum atomic E-state index is 13.3. The second-order valence-electron chi connectivity index (χ2n) is 9.41. The van der Waals surface area contributed by atoms with Gasteiger partial charge in [-0.15, -0.1) is 0 Å². The number of amides is 1. The zero-order valence-corrected chi connectivity index (χ0v) is 21.8. The Kier molecular flexibility index (Phi) is 6.90. The van der Waals surface area contributed by atoms with Crippen LogP contribution in [0.3, 0.4) is 0 Å². The number of halogens is 4. The number of carbonyl (C=O) groups excluding carboxylic acids is 1. The van der Waals surface area contributed by atoms with Crippen molar-refractivity contribution < 1.29 is 31.5 Å². The fourth-order valence-corrected chi connectivity index (χ4v) is 6.47. The van der Waals surface area contributed by atoms with Gasteiger partial charge in [0.15, 0.2) is 15.5 Å². The van der Waals surface area contributed by atoms with E-state index in [1.54, 1.807) is 24.3 Å². The van der Waals surface area contributed by atoms with Gasteiger partial charge in [0.25, 0.3) is 5.91 Å². The molecule has 39 heavy (non-hydrogen) atoms. The molecule has 1 aliphatic rings. The standard InChI is InChI=1S/C26H22ClF3N4O4S/c27-21-4-2-1-3-18(21)19-13-31-23-20(24(36)33-25(15-35)9-11-39(37,38)12-10-25)14-32-34(23)22(19)16-5-7-17(8-6-16)26(28,29)30/h1-8,13-14,35H,9-12,15H2,(H,33,36). The molecule has 3 heterocycles. The van der Waals surface area contributed by atoms with Crippen LogP contribution >= 0.6 is 11.6 Å². The summed E-state index contributed by atoms with van der Waals surface area (Å²) in [6.07, 6.45) is -1.67. The zero-order valence-electron chi connectivity index (χ0n) is 20.2. The normalized spacial score (nSPS) is 16.7.